The number of carboxylic acids is 1. The lowest BCUT2D eigenvalue weighted by Gasteiger charge is -2.12. The number of nitrogen functional groups attached to an aromatic ring is 1. The van der Waals surface area contributed by atoms with Gasteiger partial charge >= 0.3 is 5.97 Å². The molecule has 0 unspecified atom stereocenters. The molecule has 0 aliphatic carbocycles. The average Bonchev–Trinajstić information content (AvgIpc) is 2.64. The number of rotatable bonds is 5. The van der Waals surface area contributed by atoms with Gasteiger partial charge in [0.25, 0.3) is 0 Å². The van der Waals surface area contributed by atoms with Gasteiger partial charge in [0.1, 0.15) is 11.3 Å². The molecule has 0 radical (unpaired) electrons. The molecule has 2 aromatic carbocycles. The summed E-state index contributed by atoms with van der Waals surface area (Å²) in [4.78, 5) is 11.3. The molecule has 0 saturated carbocycles. The van der Waals surface area contributed by atoms with E-state index in [1.807, 2.05) is 30.3 Å². The molecule has 0 amide bonds. The second-order valence-corrected chi connectivity index (χ2v) is 5.53. The van der Waals surface area contributed by atoms with Gasteiger partial charge in [0.15, 0.2) is 0 Å². The zero-order chi connectivity index (χ0) is 19.3. The maximum absolute atomic E-state index is 11.3. The number of aliphatic hydroxyl groups is 1. The zero-order valence-corrected chi connectivity index (χ0v) is 14.2. The Morgan fingerprint density at radius 1 is 1.23 bits per heavy atom. The van der Waals surface area contributed by atoms with Gasteiger partial charge < -0.3 is 15.9 Å². The lowest BCUT2D eigenvalue weighted by Crippen LogP contribution is -2.04. The number of nitriles is 1. The van der Waals surface area contributed by atoms with Crippen LogP contribution >= 0.6 is 0 Å². The van der Waals surface area contributed by atoms with Crippen LogP contribution in [0.4, 0.5) is 5.69 Å². The molecule has 0 atom stereocenters. The molecule has 0 aliphatic rings. The summed E-state index contributed by atoms with van der Waals surface area (Å²) in [6, 6.07) is 14.6. The minimum Gasteiger partial charge on any atom is -0.507 e. The number of aliphatic carboxylic acids is 1. The minimum atomic E-state index is -1.28. The molecule has 2 aromatic rings. The standard InChI is InChI=1S/C21H18N2O3/c1-3-19(24)17(21(25)26)9-13(2)15-10-16(12-22)20(18(23)11-15)14-7-5-4-6-8-14/h3-11,24H,2,23H2,1H3,(H,25,26)/b17-9+,19-3+. The highest BCUT2D eigenvalue weighted by atomic mass is 16.4. The summed E-state index contributed by atoms with van der Waals surface area (Å²) in [6.07, 6.45) is 2.52. The first kappa shape index (κ1) is 18.6. The summed E-state index contributed by atoms with van der Waals surface area (Å²) in [5, 5.41) is 28.5. The van der Waals surface area contributed by atoms with E-state index >= 15 is 0 Å². The number of nitrogens with two attached hydrogens (primary N) is 1. The number of anilines is 1. The van der Waals surface area contributed by atoms with Crippen LogP contribution in [-0.4, -0.2) is 16.2 Å². The van der Waals surface area contributed by atoms with E-state index < -0.39 is 5.97 Å². The van der Waals surface area contributed by atoms with Gasteiger partial charge in [-0.05, 0) is 47.9 Å². The van der Waals surface area contributed by atoms with E-state index in [1.54, 1.807) is 12.1 Å². The monoisotopic (exact) mass is 346 g/mol. The summed E-state index contributed by atoms with van der Waals surface area (Å²) in [7, 11) is 0. The van der Waals surface area contributed by atoms with E-state index in [4.69, 9.17) is 5.73 Å². The highest BCUT2D eigenvalue weighted by Gasteiger charge is 2.15. The molecule has 0 fully saturated rings. The van der Waals surface area contributed by atoms with Crippen molar-refractivity contribution in [3.63, 3.8) is 0 Å². The number of carboxylic acid groups (broad SMARTS) is 1. The quantitative estimate of drug-likeness (QED) is 0.324. The average molecular weight is 346 g/mol. The predicted molar refractivity (Wildman–Crippen MR) is 102 cm³/mol. The molecule has 0 bridgehead atoms. The number of hydrogen-bond donors (Lipinski definition) is 3. The van der Waals surface area contributed by atoms with Gasteiger partial charge in [-0.3, -0.25) is 0 Å². The summed E-state index contributed by atoms with van der Waals surface area (Å²) in [5.74, 6) is -1.65. The first-order chi connectivity index (χ1) is 12.4. The lowest BCUT2D eigenvalue weighted by atomic mass is 9.93. The van der Waals surface area contributed by atoms with Crippen molar-refractivity contribution in [1.82, 2.24) is 0 Å². The van der Waals surface area contributed by atoms with E-state index in [9.17, 15) is 20.3 Å². The Kier molecular flexibility index (Phi) is 5.61. The van der Waals surface area contributed by atoms with E-state index in [0.717, 1.165) is 5.56 Å². The molecular weight excluding hydrogens is 328 g/mol. The van der Waals surface area contributed by atoms with Crippen molar-refractivity contribution in [3.05, 3.63) is 83.7 Å². The largest absolute Gasteiger partial charge is 0.507 e. The summed E-state index contributed by atoms with van der Waals surface area (Å²) in [6.45, 7) is 5.36. The first-order valence-electron chi connectivity index (χ1n) is 7.78. The zero-order valence-electron chi connectivity index (χ0n) is 14.2. The number of allylic oxidation sites excluding steroid dienone is 3. The highest BCUT2D eigenvalue weighted by Crippen LogP contribution is 2.33. The fourth-order valence-electron chi connectivity index (χ4n) is 2.52. The third kappa shape index (κ3) is 3.82. The Labute approximate surface area is 151 Å². The van der Waals surface area contributed by atoms with Crippen molar-refractivity contribution < 1.29 is 15.0 Å². The van der Waals surface area contributed by atoms with E-state index in [1.165, 1.54) is 19.1 Å². The van der Waals surface area contributed by atoms with Crippen molar-refractivity contribution in [2.24, 2.45) is 0 Å². The molecule has 5 nitrogen and oxygen atoms in total. The summed E-state index contributed by atoms with van der Waals surface area (Å²) < 4.78 is 0. The van der Waals surface area contributed by atoms with E-state index in [-0.39, 0.29) is 11.3 Å². The SMILES string of the molecule is C=C(/C=C(C(=O)O)\C(O)=C/C)c1cc(N)c(-c2ccccc2)c(C#N)c1. The van der Waals surface area contributed by atoms with Gasteiger partial charge in [0.05, 0.1) is 11.6 Å². The second kappa shape index (κ2) is 7.86. The molecule has 4 N–H and O–H groups in total. The van der Waals surface area contributed by atoms with Crippen LogP contribution in [-0.2, 0) is 4.79 Å². The maximum Gasteiger partial charge on any atom is 0.339 e. The Bertz CT molecular complexity index is 965. The molecule has 130 valence electrons. The van der Waals surface area contributed by atoms with Crippen molar-refractivity contribution in [2.75, 3.05) is 5.73 Å². The van der Waals surface area contributed by atoms with Gasteiger partial charge in [-0.2, -0.15) is 5.26 Å². The van der Waals surface area contributed by atoms with Crippen molar-refractivity contribution >= 4 is 17.2 Å². The van der Waals surface area contributed by atoms with Crippen LogP contribution in [0.1, 0.15) is 18.1 Å². The molecule has 0 aliphatic heterocycles. The highest BCUT2D eigenvalue weighted by molar-refractivity contribution is 5.95. The third-order valence-electron chi connectivity index (χ3n) is 3.82. The summed E-state index contributed by atoms with van der Waals surface area (Å²) >= 11 is 0. The van der Waals surface area contributed by atoms with Crippen LogP contribution < -0.4 is 5.73 Å². The topological polar surface area (TPSA) is 107 Å². The molecule has 0 heterocycles. The molecule has 26 heavy (non-hydrogen) atoms. The van der Waals surface area contributed by atoms with Gasteiger partial charge in [0, 0.05) is 11.3 Å². The smallest absolute Gasteiger partial charge is 0.339 e. The first-order valence-corrected chi connectivity index (χ1v) is 7.78. The Hall–Kier alpha value is -3.78. The Balaban J connectivity index is 2.56. The van der Waals surface area contributed by atoms with Crippen molar-refractivity contribution in [1.29, 1.82) is 5.26 Å². The number of aliphatic hydroxyl groups excluding tert-OH is 1. The number of nitrogens with zero attached hydrogens (tertiary/aromatic N) is 1. The fraction of sp³-hybridized carbons (Fsp3) is 0.0476. The van der Waals surface area contributed by atoms with Crippen LogP contribution in [0, 0.1) is 11.3 Å². The second-order valence-electron chi connectivity index (χ2n) is 5.53. The third-order valence-corrected chi connectivity index (χ3v) is 3.82. The molecule has 0 spiro atoms. The molecule has 0 aromatic heterocycles. The van der Waals surface area contributed by atoms with Gasteiger partial charge in [-0.15, -0.1) is 0 Å². The summed E-state index contributed by atoms with van der Waals surface area (Å²) in [5.41, 5.74) is 8.85. The van der Waals surface area contributed by atoms with Gasteiger partial charge in [0.2, 0.25) is 0 Å². The Morgan fingerprint density at radius 2 is 1.88 bits per heavy atom. The molecule has 0 saturated heterocycles. The van der Waals surface area contributed by atoms with Crippen LogP contribution in [0.15, 0.2) is 72.5 Å². The number of benzene rings is 2. The molecular formula is C21H18N2O3. The van der Waals surface area contributed by atoms with Crippen LogP contribution in [0.2, 0.25) is 0 Å². The van der Waals surface area contributed by atoms with Crippen LogP contribution in [0.5, 0.6) is 0 Å². The van der Waals surface area contributed by atoms with Gasteiger partial charge in [-0.1, -0.05) is 36.9 Å². The van der Waals surface area contributed by atoms with Crippen LogP contribution in [0.3, 0.4) is 0 Å². The minimum absolute atomic E-state index is 0.290. The number of hydrogen-bond acceptors (Lipinski definition) is 4. The fourth-order valence-corrected chi connectivity index (χ4v) is 2.52. The molecule has 2 rings (SSSR count). The van der Waals surface area contributed by atoms with E-state index in [2.05, 4.69) is 12.6 Å². The Morgan fingerprint density at radius 3 is 2.42 bits per heavy atom. The normalized spacial score (nSPS) is 11.7. The van der Waals surface area contributed by atoms with E-state index in [0.29, 0.717) is 28.0 Å². The van der Waals surface area contributed by atoms with Crippen molar-refractivity contribution in [3.8, 4) is 17.2 Å². The predicted octanol–water partition coefficient (Wildman–Crippen LogP) is 4.29. The molecule has 5 heteroatoms. The number of carbonyl (C=O) groups is 1. The van der Waals surface area contributed by atoms with Crippen LogP contribution in [0.25, 0.3) is 16.7 Å². The lowest BCUT2D eigenvalue weighted by molar-refractivity contribution is -0.132. The maximum atomic E-state index is 11.3. The van der Waals surface area contributed by atoms with Crippen molar-refractivity contribution in [2.45, 2.75) is 6.92 Å². The van der Waals surface area contributed by atoms with Gasteiger partial charge in [-0.25, -0.2) is 4.79 Å².